The van der Waals surface area contributed by atoms with Gasteiger partial charge in [0.25, 0.3) is 0 Å². The summed E-state index contributed by atoms with van der Waals surface area (Å²) in [6, 6.07) is 12.8. The van der Waals surface area contributed by atoms with Crippen LogP contribution in [0.4, 0.5) is 5.69 Å². The van der Waals surface area contributed by atoms with Gasteiger partial charge >= 0.3 is 0 Å². The Labute approximate surface area is 153 Å². The van der Waals surface area contributed by atoms with Crippen LogP contribution in [-0.4, -0.2) is 16.1 Å². The number of aryl methyl sites for hydroxylation is 1. The molecule has 2 aromatic carbocycles. The topological polar surface area (TPSA) is 57.8 Å². The summed E-state index contributed by atoms with van der Waals surface area (Å²) in [4.78, 5) is 12.7. The Bertz CT molecular complexity index is 1010. The van der Waals surface area contributed by atoms with Gasteiger partial charge in [-0.1, -0.05) is 25.1 Å². The Kier molecular flexibility index (Phi) is 2.90. The Morgan fingerprint density at radius 1 is 1.29 bits per heavy atom. The molecule has 1 aromatic heterocycles. The molecule has 1 saturated carbocycles. The lowest BCUT2D eigenvalue weighted by Crippen LogP contribution is -2.21. The number of hydrogen-bond donors (Lipinski definition) is 2. The number of carbonyl (C=O) groups is 1. The van der Waals surface area contributed by atoms with Crippen molar-refractivity contribution in [1.82, 2.24) is 10.2 Å². The lowest BCUT2D eigenvalue weighted by molar-refractivity contribution is -0.118. The third-order valence-corrected chi connectivity index (χ3v) is 6.34. The van der Waals surface area contributed by atoms with E-state index in [4.69, 9.17) is 0 Å². The molecule has 24 heavy (non-hydrogen) atoms. The molecule has 1 amide bonds. The first-order valence-electron chi connectivity index (χ1n) is 8.22. The quantitative estimate of drug-likeness (QED) is 0.603. The number of fused-ring (bicyclic) bond motifs is 3. The number of aromatic nitrogens is 2. The van der Waals surface area contributed by atoms with Crippen molar-refractivity contribution < 1.29 is 4.79 Å². The average molecular weight is 429 g/mol. The molecule has 1 fully saturated rings. The maximum absolute atomic E-state index is 12.7. The highest BCUT2D eigenvalue weighted by Crippen LogP contribution is 2.65. The third kappa shape index (κ3) is 1.79. The number of hydrogen-bond acceptors (Lipinski definition) is 2. The number of carbonyl (C=O) groups excluding carboxylic acids is 1. The smallest absolute Gasteiger partial charge is 0.235 e. The first-order valence-corrected chi connectivity index (χ1v) is 9.29. The zero-order valence-electron chi connectivity index (χ0n) is 13.2. The predicted molar refractivity (Wildman–Crippen MR) is 102 cm³/mol. The van der Waals surface area contributed by atoms with Crippen LogP contribution in [0.1, 0.15) is 36.0 Å². The minimum atomic E-state index is -0.377. The van der Waals surface area contributed by atoms with Gasteiger partial charge in [0.2, 0.25) is 5.91 Å². The van der Waals surface area contributed by atoms with Crippen LogP contribution in [0.15, 0.2) is 36.4 Å². The first kappa shape index (κ1) is 14.5. The van der Waals surface area contributed by atoms with Gasteiger partial charge in [-0.05, 0) is 70.3 Å². The number of benzene rings is 2. The summed E-state index contributed by atoms with van der Waals surface area (Å²) in [7, 11) is 0. The molecule has 1 aliphatic carbocycles. The highest BCUT2D eigenvalue weighted by atomic mass is 127. The molecule has 5 heteroatoms. The largest absolute Gasteiger partial charge is 0.325 e. The molecule has 4 nitrogen and oxygen atoms in total. The molecule has 2 heterocycles. The van der Waals surface area contributed by atoms with Crippen LogP contribution in [0.2, 0.25) is 0 Å². The Balaban J connectivity index is 1.60. The molecule has 2 unspecified atom stereocenters. The van der Waals surface area contributed by atoms with Gasteiger partial charge in [-0.2, -0.15) is 5.10 Å². The fraction of sp³-hybridized carbons (Fsp3) is 0.263. The van der Waals surface area contributed by atoms with E-state index in [9.17, 15) is 4.79 Å². The van der Waals surface area contributed by atoms with Crippen molar-refractivity contribution in [2.24, 2.45) is 0 Å². The molecule has 2 N–H and O–H groups in total. The molecule has 1 aliphatic heterocycles. The number of halogens is 1. The van der Waals surface area contributed by atoms with Crippen LogP contribution in [0.3, 0.4) is 0 Å². The standard InChI is InChI=1S/C19H16IN3O/c1-2-10-3-6-15-13(7-10)19(18(24)21-15)9-14(19)11-4-5-12-16(8-11)22-23-17(12)20/h3-8,14H,2,9H2,1H3,(H,21,24)(H,22,23). The molecule has 120 valence electrons. The SMILES string of the molecule is CCc1ccc2c(c1)C1(CC1c1ccc3c(I)[nH]nc3c1)C(=O)N2. The van der Waals surface area contributed by atoms with E-state index in [1.807, 2.05) is 0 Å². The zero-order valence-corrected chi connectivity index (χ0v) is 15.3. The van der Waals surface area contributed by atoms with Crippen LogP contribution >= 0.6 is 22.6 Å². The molecule has 0 saturated heterocycles. The molecule has 3 aromatic rings. The number of nitrogens with zero attached hydrogens (tertiary/aromatic N) is 1. The number of amides is 1. The summed E-state index contributed by atoms with van der Waals surface area (Å²) in [5.41, 5.74) is 5.24. The highest BCUT2D eigenvalue weighted by Gasteiger charge is 2.65. The van der Waals surface area contributed by atoms with Gasteiger partial charge in [-0.15, -0.1) is 0 Å². The lowest BCUT2D eigenvalue weighted by atomic mass is 9.90. The minimum Gasteiger partial charge on any atom is -0.325 e. The van der Waals surface area contributed by atoms with Crippen LogP contribution in [0.5, 0.6) is 0 Å². The van der Waals surface area contributed by atoms with Gasteiger partial charge in [0.1, 0.15) is 3.70 Å². The Hall–Kier alpha value is -1.89. The van der Waals surface area contributed by atoms with E-state index >= 15 is 0 Å². The number of nitrogens with one attached hydrogen (secondary N) is 2. The van der Waals surface area contributed by atoms with E-state index < -0.39 is 0 Å². The van der Waals surface area contributed by atoms with E-state index in [1.54, 1.807) is 0 Å². The summed E-state index contributed by atoms with van der Waals surface area (Å²) in [5.74, 6) is 0.386. The molecular formula is C19H16IN3O. The van der Waals surface area contributed by atoms with Crippen molar-refractivity contribution in [2.75, 3.05) is 5.32 Å². The predicted octanol–water partition coefficient (Wildman–Crippen LogP) is 4.11. The number of rotatable bonds is 2. The fourth-order valence-electron chi connectivity index (χ4n) is 4.07. The molecule has 2 aliphatic rings. The second-order valence-electron chi connectivity index (χ2n) is 6.73. The second kappa shape index (κ2) is 4.81. The summed E-state index contributed by atoms with van der Waals surface area (Å²) in [6.45, 7) is 2.15. The minimum absolute atomic E-state index is 0.146. The third-order valence-electron chi connectivity index (χ3n) is 5.52. The monoisotopic (exact) mass is 429 g/mol. The molecular weight excluding hydrogens is 413 g/mol. The van der Waals surface area contributed by atoms with Crippen molar-refractivity contribution in [2.45, 2.75) is 31.1 Å². The maximum atomic E-state index is 12.7. The van der Waals surface area contributed by atoms with E-state index in [0.29, 0.717) is 0 Å². The molecule has 1 spiro atoms. The van der Waals surface area contributed by atoms with E-state index in [1.165, 1.54) is 16.7 Å². The van der Waals surface area contributed by atoms with Gasteiger partial charge < -0.3 is 5.32 Å². The van der Waals surface area contributed by atoms with Crippen molar-refractivity contribution in [3.05, 3.63) is 56.8 Å². The number of aromatic amines is 1. The van der Waals surface area contributed by atoms with Crippen LogP contribution in [0, 0.1) is 3.70 Å². The summed E-state index contributed by atoms with van der Waals surface area (Å²) in [6.07, 6.45) is 1.87. The summed E-state index contributed by atoms with van der Waals surface area (Å²) in [5, 5.41) is 11.6. The zero-order chi connectivity index (χ0) is 16.5. The number of anilines is 1. The Morgan fingerprint density at radius 3 is 3.00 bits per heavy atom. The van der Waals surface area contributed by atoms with Crippen molar-refractivity contribution in [3.63, 3.8) is 0 Å². The first-order chi connectivity index (χ1) is 11.6. The van der Waals surface area contributed by atoms with Crippen LogP contribution in [-0.2, 0) is 16.6 Å². The summed E-state index contributed by atoms with van der Waals surface area (Å²) >= 11 is 2.26. The second-order valence-corrected chi connectivity index (χ2v) is 7.81. The van der Waals surface area contributed by atoms with Gasteiger partial charge in [0, 0.05) is 17.0 Å². The summed E-state index contributed by atoms with van der Waals surface area (Å²) < 4.78 is 1.05. The van der Waals surface area contributed by atoms with E-state index in [2.05, 4.69) is 81.4 Å². The molecule has 2 atom stereocenters. The van der Waals surface area contributed by atoms with Gasteiger partial charge in [0.05, 0.1) is 10.9 Å². The fourth-order valence-corrected chi connectivity index (χ4v) is 4.65. The lowest BCUT2D eigenvalue weighted by Gasteiger charge is -2.10. The Morgan fingerprint density at radius 2 is 2.17 bits per heavy atom. The van der Waals surface area contributed by atoms with Crippen molar-refractivity contribution in [3.8, 4) is 0 Å². The maximum Gasteiger partial charge on any atom is 0.235 e. The molecule has 5 rings (SSSR count). The average Bonchev–Trinajstić information content (AvgIpc) is 3.17. The van der Waals surface area contributed by atoms with E-state index in [-0.39, 0.29) is 17.2 Å². The van der Waals surface area contributed by atoms with Crippen LogP contribution < -0.4 is 5.32 Å². The normalized spacial score (nSPS) is 24.4. The van der Waals surface area contributed by atoms with E-state index in [0.717, 1.165) is 33.1 Å². The number of H-pyrrole nitrogens is 1. The van der Waals surface area contributed by atoms with Gasteiger partial charge in [-0.25, -0.2) is 0 Å². The molecule has 0 radical (unpaired) electrons. The highest BCUT2D eigenvalue weighted by molar-refractivity contribution is 14.1. The van der Waals surface area contributed by atoms with Gasteiger partial charge in [0.15, 0.2) is 0 Å². The van der Waals surface area contributed by atoms with Crippen LogP contribution in [0.25, 0.3) is 10.9 Å². The van der Waals surface area contributed by atoms with Crippen molar-refractivity contribution in [1.29, 1.82) is 0 Å². The molecule has 0 bridgehead atoms. The van der Waals surface area contributed by atoms with Crippen molar-refractivity contribution >= 4 is 45.1 Å². The van der Waals surface area contributed by atoms with Gasteiger partial charge in [-0.3, -0.25) is 9.89 Å².